The third-order valence-corrected chi connectivity index (χ3v) is 3.59. The van der Waals surface area contributed by atoms with E-state index in [1.165, 1.54) is 0 Å². The number of aromatic amines is 1. The van der Waals surface area contributed by atoms with Crippen LogP contribution in [-0.4, -0.2) is 41.3 Å². The van der Waals surface area contributed by atoms with Gasteiger partial charge in [-0.2, -0.15) is 13.2 Å². The Morgan fingerprint density at radius 3 is 2.82 bits per heavy atom. The number of likely N-dealkylation sites (tertiary alicyclic amines) is 1. The Labute approximate surface area is 125 Å². The van der Waals surface area contributed by atoms with E-state index in [0.717, 1.165) is 18.7 Å². The third kappa shape index (κ3) is 3.80. The average molecular weight is 317 g/mol. The van der Waals surface area contributed by atoms with Crippen LogP contribution in [0.1, 0.15) is 35.8 Å². The predicted molar refractivity (Wildman–Crippen MR) is 73.1 cm³/mol. The van der Waals surface area contributed by atoms with Gasteiger partial charge in [0.1, 0.15) is 5.69 Å². The van der Waals surface area contributed by atoms with E-state index in [-0.39, 0.29) is 23.9 Å². The van der Waals surface area contributed by atoms with Gasteiger partial charge in [0.2, 0.25) is 5.91 Å². The summed E-state index contributed by atoms with van der Waals surface area (Å²) in [5, 5.41) is 2.58. The molecule has 1 unspecified atom stereocenters. The van der Waals surface area contributed by atoms with Crippen molar-refractivity contribution in [2.45, 2.75) is 25.9 Å². The van der Waals surface area contributed by atoms with Crippen molar-refractivity contribution in [3.8, 4) is 0 Å². The molecule has 8 heteroatoms. The lowest BCUT2D eigenvalue weighted by Crippen LogP contribution is -2.31. The quantitative estimate of drug-likeness (QED) is 0.872. The summed E-state index contributed by atoms with van der Waals surface area (Å²) in [4.78, 5) is 27.3. The molecule has 1 saturated heterocycles. The first-order chi connectivity index (χ1) is 10.3. The molecule has 122 valence electrons. The fourth-order valence-electron chi connectivity index (χ4n) is 2.50. The molecule has 2 N–H and O–H groups in total. The Balaban J connectivity index is 1.86. The summed E-state index contributed by atoms with van der Waals surface area (Å²) in [6.45, 7) is 3.52. The summed E-state index contributed by atoms with van der Waals surface area (Å²) in [7, 11) is 0. The Morgan fingerprint density at radius 1 is 1.50 bits per heavy atom. The van der Waals surface area contributed by atoms with Crippen molar-refractivity contribution >= 4 is 11.8 Å². The Bertz CT molecular complexity index is 554. The van der Waals surface area contributed by atoms with Crippen molar-refractivity contribution in [2.75, 3.05) is 19.6 Å². The topological polar surface area (TPSA) is 65.2 Å². The summed E-state index contributed by atoms with van der Waals surface area (Å²) < 4.78 is 37.3. The lowest BCUT2D eigenvalue weighted by molar-refractivity contribution is -0.140. The molecule has 1 fully saturated rings. The molecular formula is C14H18F3N3O2. The van der Waals surface area contributed by atoms with Crippen LogP contribution in [0.25, 0.3) is 0 Å². The van der Waals surface area contributed by atoms with Gasteiger partial charge in [-0.15, -0.1) is 0 Å². The SMILES string of the molecule is CCCN1CC(CNC(=O)c2c[nH]c(C(F)(F)F)c2)CC1=O. The van der Waals surface area contributed by atoms with Crippen LogP contribution in [0, 0.1) is 5.92 Å². The molecule has 2 amide bonds. The maximum Gasteiger partial charge on any atom is 0.431 e. The van der Waals surface area contributed by atoms with Crippen molar-refractivity contribution in [1.29, 1.82) is 0 Å². The van der Waals surface area contributed by atoms with Crippen LogP contribution < -0.4 is 5.32 Å². The summed E-state index contributed by atoms with van der Waals surface area (Å²) in [6.07, 6.45) is -2.24. The van der Waals surface area contributed by atoms with Gasteiger partial charge in [0.05, 0.1) is 5.56 Å². The normalized spacial score (nSPS) is 18.8. The van der Waals surface area contributed by atoms with E-state index in [4.69, 9.17) is 0 Å². The fraction of sp³-hybridized carbons (Fsp3) is 0.571. The minimum atomic E-state index is -4.50. The zero-order valence-electron chi connectivity index (χ0n) is 12.2. The first kappa shape index (κ1) is 16.4. The van der Waals surface area contributed by atoms with Gasteiger partial charge in [0, 0.05) is 38.2 Å². The van der Waals surface area contributed by atoms with Crippen molar-refractivity contribution in [2.24, 2.45) is 5.92 Å². The molecule has 2 heterocycles. The smallest absolute Gasteiger partial charge is 0.357 e. The second-order valence-electron chi connectivity index (χ2n) is 5.42. The van der Waals surface area contributed by atoms with E-state index < -0.39 is 17.8 Å². The Kier molecular flexibility index (Phi) is 4.77. The molecule has 0 spiro atoms. The first-order valence-electron chi connectivity index (χ1n) is 7.12. The summed E-state index contributed by atoms with van der Waals surface area (Å²) in [5.74, 6) is -0.515. The van der Waals surface area contributed by atoms with Crippen LogP contribution in [0.4, 0.5) is 13.2 Å². The number of nitrogens with zero attached hydrogens (tertiary/aromatic N) is 1. The number of hydrogen-bond donors (Lipinski definition) is 2. The lowest BCUT2D eigenvalue weighted by Gasteiger charge is -2.15. The molecule has 1 aliphatic rings. The minimum Gasteiger partial charge on any atom is -0.357 e. The lowest BCUT2D eigenvalue weighted by atomic mass is 10.1. The molecule has 0 bridgehead atoms. The standard InChI is InChI=1S/C14H18F3N3O2/c1-2-3-20-8-9(4-12(20)21)6-19-13(22)10-5-11(18-7-10)14(15,16)17/h5,7,9,18H,2-4,6,8H2,1H3,(H,19,22). The average Bonchev–Trinajstić information content (AvgIpc) is 3.04. The molecule has 1 aromatic heterocycles. The molecule has 1 aliphatic heterocycles. The number of halogens is 3. The van der Waals surface area contributed by atoms with E-state index in [1.54, 1.807) is 4.90 Å². The van der Waals surface area contributed by atoms with Gasteiger partial charge < -0.3 is 15.2 Å². The predicted octanol–water partition coefficient (Wildman–Crippen LogP) is 2.02. The summed E-state index contributed by atoms with van der Waals surface area (Å²) in [5.41, 5.74) is -1.02. The number of rotatable bonds is 5. The third-order valence-electron chi connectivity index (χ3n) is 3.59. The highest BCUT2D eigenvalue weighted by Crippen LogP contribution is 2.28. The van der Waals surface area contributed by atoms with E-state index in [2.05, 4.69) is 5.32 Å². The zero-order chi connectivity index (χ0) is 16.3. The van der Waals surface area contributed by atoms with Crippen molar-refractivity contribution in [1.82, 2.24) is 15.2 Å². The molecule has 0 saturated carbocycles. The van der Waals surface area contributed by atoms with Crippen molar-refractivity contribution < 1.29 is 22.8 Å². The van der Waals surface area contributed by atoms with Gasteiger partial charge in [-0.25, -0.2) is 0 Å². The maximum absolute atomic E-state index is 12.4. The van der Waals surface area contributed by atoms with Crippen molar-refractivity contribution in [3.05, 3.63) is 23.5 Å². The monoisotopic (exact) mass is 317 g/mol. The first-order valence-corrected chi connectivity index (χ1v) is 7.12. The number of amides is 2. The number of H-pyrrole nitrogens is 1. The Hall–Kier alpha value is -1.99. The van der Waals surface area contributed by atoms with Gasteiger partial charge in [-0.3, -0.25) is 9.59 Å². The van der Waals surface area contributed by atoms with Crippen LogP contribution in [-0.2, 0) is 11.0 Å². The van der Waals surface area contributed by atoms with Crippen LogP contribution >= 0.6 is 0 Å². The molecule has 0 aromatic carbocycles. The summed E-state index contributed by atoms with van der Waals surface area (Å²) in [6, 6.07) is 0.776. The minimum absolute atomic E-state index is 0.00373. The number of alkyl halides is 3. The highest BCUT2D eigenvalue weighted by Gasteiger charge is 2.33. The van der Waals surface area contributed by atoms with E-state index in [1.807, 2.05) is 11.9 Å². The molecule has 22 heavy (non-hydrogen) atoms. The fourth-order valence-corrected chi connectivity index (χ4v) is 2.50. The maximum atomic E-state index is 12.4. The van der Waals surface area contributed by atoms with Gasteiger partial charge in [0.25, 0.3) is 5.91 Å². The number of carbonyl (C=O) groups excluding carboxylic acids is 2. The molecule has 1 atom stereocenters. The van der Waals surface area contributed by atoms with Gasteiger partial charge >= 0.3 is 6.18 Å². The molecule has 0 radical (unpaired) electrons. The number of hydrogen-bond acceptors (Lipinski definition) is 2. The second kappa shape index (κ2) is 6.41. The number of aromatic nitrogens is 1. The van der Waals surface area contributed by atoms with Gasteiger partial charge in [0.15, 0.2) is 0 Å². The number of carbonyl (C=O) groups is 2. The van der Waals surface area contributed by atoms with E-state index in [9.17, 15) is 22.8 Å². The largest absolute Gasteiger partial charge is 0.431 e. The molecular weight excluding hydrogens is 299 g/mol. The molecule has 1 aromatic rings. The highest BCUT2D eigenvalue weighted by atomic mass is 19.4. The van der Waals surface area contributed by atoms with E-state index >= 15 is 0 Å². The van der Waals surface area contributed by atoms with Crippen LogP contribution in [0.3, 0.4) is 0 Å². The number of nitrogens with one attached hydrogen (secondary N) is 2. The van der Waals surface area contributed by atoms with Gasteiger partial charge in [-0.05, 0) is 12.5 Å². The summed E-state index contributed by atoms with van der Waals surface area (Å²) >= 11 is 0. The molecule has 5 nitrogen and oxygen atoms in total. The highest BCUT2D eigenvalue weighted by molar-refractivity contribution is 5.94. The van der Waals surface area contributed by atoms with Crippen LogP contribution in [0.2, 0.25) is 0 Å². The van der Waals surface area contributed by atoms with Crippen LogP contribution in [0.5, 0.6) is 0 Å². The Morgan fingerprint density at radius 2 is 2.23 bits per heavy atom. The van der Waals surface area contributed by atoms with Crippen LogP contribution in [0.15, 0.2) is 12.3 Å². The zero-order valence-corrected chi connectivity index (χ0v) is 12.2. The molecule has 2 rings (SSSR count). The molecule has 0 aliphatic carbocycles. The van der Waals surface area contributed by atoms with Crippen molar-refractivity contribution in [3.63, 3.8) is 0 Å². The second-order valence-corrected chi connectivity index (χ2v) is 5.42. The van der Waals surface area contributed by atoms with Gasteiger partial charge in [-0.1, -0.05) is 6.92 Å². The van der Waals surface area contributed by atoms with E-state index in [0.29, 0.717) is 19.5 Å².